The molecular formula is C9H11F3N2O2S. The first-order chi connectivity index (χ1) is 7.78. The molecule has 0 saturated carbocycles. The molecule has 0 radical (unpaired) electrons. The van der Waals surface area contributed by atoms with Crippen LogP contribution in [0.3, 0.4) is 0 Å². The Kier molecular flexibility index (Phi) is 4.33. The van der Waals surface area contributed by atoms with Gasteiger partial charge in [0.1, 0.15) is 5.01 Å². The lowest BCUT2D eigenvalue weighted by Crippen LogP contribution is -2.30. The van der Waals surface area contributed by atoms with Crippen molar-refractivity contribution in [2.45, 2.75) is 26.1 Å². The zero-order chi connectivity index (χ0) is 13.1. The molecule has 1 rings (SSSR count). The van der Waals surface area contributed by atoms with Crippen molar-refractivity contribution in [2.75, 3.05) is 6.61 Å². The molecule has 0 aliphatic heterocycles. The number of thiazole rings is 1. The summed E-state index contributed by atoms with van der Waals surface area (Å²) in [5.41, 5.74) is 0. The van der Waals surface area contributed by atoms with E-state index in [2.05, 4.69) is 15.0 Å². The number of ether oxygens (including phenoxy) is 1. The van der Waals surface area contributed by atoms with E-state index in [1.165, 1.54) is 11.3 Å². The molecule has 0 fully saturated rings. The Balaban J connectivity index is 2.41. The molecule has 1 aromatic heterocycles. The summed E-state index contributed by atoms with van der Waals surface area (Å²) < 4.78 is 39.3. The highest BCUT2D eigenvalue weighted by molar-refractivity contribution is 7.11. The maximum atomic E-state index is 11.8. The lowest BCUT2D eigenvalue weighted by Gasteiger charge is -2.12. The topological polar surface area (TPSA) is 51.2 Å². The zero-order valence-electron chi connectivity index (χ0n) is 9.17. The van der Waals surface area contributed by atoms with E-state index < -0.39 is 24.9 Å². The average molecular weight is 268 g/mol. The van der Waals surface area contributed by atoms with Gasteiger partial charge in [-0.2, -0.15) is 13.2 Å². The maximum Gasteiger partial charge on any atom is 0.422 e. The Bertz CT molecular complexity index is 392. The van der Waals surface area contributed by atoms with Crippen molar-refractivity contribution >= 4 is 17.4 Å². The van der Waals surface area contributed by atoms with Gasteiger partial charge in [-0.3, -0.25) is 0 Å². The highest BCUT2D eigenvalue weighted by Gasteiger charge is 2.29. The quantitative estimate of drug-likeness (QED) is 0.917. The molecule has 0 aliphatic carbocycles. The van der Waals surface area contributed by atoms with Crippen molar-refractivity contribution in [2.24, 2.45) is 0 Å². The molecule has 0 aliphatic rings. The molecule has 1 heterocycles. The van der Waals surface area contributed by atoms with Crippen LogP contribution in [0.4, 0.5) is 18.0 Å². The van der Waals surface area contributed by atoms with E-state index in [9.17, 15) is 18.0 Å². The third-order valence-electron chi connectivity index (χ3n) is 1.71. The SMILES string of the molecule is Cc1cnc(C(C)NC(=O)OCC(F)(F)F)s1. The van der Waals surface area contributed by atoms with Gasteiger partial charge in [0.05, 0.1) is 6.04 Å². The van der Waals surface area contributed by atoms with Crippen LogP contribution in [0.2, 0.25) is 0 Å². The van der Waals surface area contributed by atoms with Crippen LogP contribution in [0.15, 0.2) is 6.20 Å². The molecule has 0 saturated heterocycles. The van der Waals surface area contributed by atoms with Gasteiger partial charge in [-0.15, -0.1) is 11.3 Å². The van der Waals surface area contributed by atoms with Gasteiger partial charge in [0, 0.05) is 11.1 Å². The second-order valence-corrected chi connectivity index (χ2v) is 4.63. The number of carbonyl (C=O) groups excluding carboxylic acids is 1. The van der Waals surface area contributed by atoms with Crippen molar-refractivity contribution in [1.82, 2.24) is 10.3 Å². The number of hydrogen-bond donors (Lipinski definition) is 1. The molecule has 17 heavy (non-hydrogen) atoms. The molecule has 1 aromatic rings. The summed E-state index contributed by atoms with van der Waals surface area (Å²) in [6.07, 6.45) is -4.00. The number of rotatable bonds is 3. The van der Waals surface area contributed by atoms with E-state index in [4.69, 9.17) is 0 Å². The molecule has 1 amide bonds. The normalized spacial score (nSPS) is 13.2. The third kappa shape index (κ3) is 5.03. The van der Waals surface area contributed by atoms with E-state index in [0.717, 1.165) is 4.88 Å². The minimum absolute atomic E-state index is 0.477. The Morgan fingerprint density at radius 2 is 2.29 bits per heavy atom. The van der Waals surface area contributed by atoms with Gasteiger partial charge in [0.25, 0.3) is 0 Å². The molecule has 1 unspecified atom stereocenters. The molecular weight excluding hydrogens is 257 g/mol. The second kappa shape index (κ2) is 5.35. The number of halogens is 3. The Hall–Kier alpha value is -1.31. The Morgan fingerprint density at radius 3 is 2.76 bits per heavy atom. The molecule has 0 aromatic carbocycles. The maximum absolute atomic E-state index is 11.8. The van der Waals surface area contributed by atoms with E-state index in [-0.39, 0.29) is 0 Å². The fraction of sp³-hybridized carbons (Fsp3) is 0.556. The van der Waals surface area contributed by atoms with Gasteiger partial charge in [-0.25, -0.2) is 9.78 Å². The van der Waals surface area contributed by atoms with Crippen LogP contribution in [-0.4, -0.2) is 23.9 Å². The highest BCUT2D eigenvalue weighted by atomic mass is 32.1. The number of alkyl carbamates (subject to hydrolysis) is 1. The van der Waals surface area contributed by atoms with Crippen LogP contribution in [0, 0.1) is 6.92 Å². The lowest BCUT2D eigenvalue weighted by molar-refractivity contribution is -0.160. The van der Waals surface area contributed by atoms with Crippen LogP contribution in [-0.2, 0) is 4.74 Å². The first-order valence-corrected chi connectivity index (χ1v) is 5.52. The van der Waals surface area contributed by atoms with Crippen molar-refractivity contribution in [3.8, 4) is 0 Å². The average Bonchev–Trinajstić information content (AvgIpc) is 2.61. The highest BCUT2D eigenvalue weighted by Crippen LogP contribution is 2.19. The summed E-state index contributed by atoms with van der Waals surface area (Å²) in [4.78, 5) is 16.0. The molecule has 0 spiro atoms. The van der Waals surface area contributed by atoms with E-state index in [1.54, 1.807) is 13.1 Å². The molecule has 4 nitrogen and oxygen atoms in total. The van der Waals surface area contributed by atoms with Crippen molar-refractivity contribution < 1.29 is 22.7 Å². The number of carbonyl (C=O) groups is 1. The summed E-state index contributed by atoms with van der Waals surface area (Å²) in [6.45, 7) is 1.87. The fourth-order valence-corrected chi connectivity index (χ4v) is 1.78. The predicted molar refractivity (Wildman–Crippen MR) is 55.8 cm³/mol. The van der Waals surface area contributed by atoms with Crippen molar-refractivity contribution in [1.29, 1.82) is 0 Å². The largest absolute Gasteiger partial charge is 0.440 e. The van der Waals surface area contributed by atoms with E-state index in [0.29, 0.717) is 5.01 Å². The lowest BCUT2D eigenvalue weighted by atomic mass is 10.4. The van der Waals surface area contributed by atoms with Crippen LogP contribution >= 0.6 is 11.3 Å². The van der Waals surface area contributed by atoms with Crippen LogP contribution in [0.25, 0.3) is 0 Å². The number of amides is 1. The first-order valence-electron chi connectivity index (χ1n) is 4.70. The van der Waals surface area contributed by atoms with Crippen LogP contribution in [0.1, 0.15) is 22.9 Å². The summed E-state index contributed by atoms with van der Waals surface area (Å²) in [5, 5.41) is 2.89. The Morgan fingerprint density at radius 1 is 1.65 bits per heavy atom. The van der Waals surface area contributed by atoms with Gasteiger partial charge in [0.15, 0.2) is 6.61 Å². The number of nitrogens with zero attached hydrogens (tertiary/aromatic N) is 1. The molecule has 1 N–H and O–H groups in total. The fourth-order valence-electron chi connectivity index (χ4n) is 1.000. The zero-order valence-corrected chi connectivity index (χ0v) is 9.98. The molecule has 1 atom stereocenters. The van der Waals surface area contributed by atoms with Gasteiger partial charge >= 0.3 is 12.3 Å². The monoisotopic (exact) mass is 268 g/mol. The summed E-state index contributed by atoms with van der Waals surface area (Å²) in [5.74, 6) is 0. The van der Waals surface area contributed by atoms with E-state index in [1.807, 2.05) is 6.92 Å². The standard InChI is InChI=1S/C9H11F3N2O2S/c1-5-3-13-7(17-5)6(2)14-8(15)16-4-9(10,11)12/h3,6H,4H2,1-2H3,(H,14,15). The van der Waals surface area contributed by atoms with E-state index >= 15 is 0 Å². The summed E-state index contributed by atoms with van der Waals surface area (Å²) in [6, 6.07) is -0.477. The first kappa shape index (κ1) is 13.8. The van der Waals surface area contributed by atoms with Gasteiger partial charge in [-0.1, -0.05) is 0 Å². The van der Waals surface area contributed by atoms with Crippen LogP contribution in [0.5, 0.6) is 0 Å². The third-order valence-corrected chi connectivity index (χ3v) is 2.81. The predicted octanol–water partition coefficient (Wildman–Crippen LogP) is 2.80. The van der Waals surface area contributed by atoms with Crippen molar-refractivity contribution in [3.63, 3.8) is 0 Å². The molecule has 0 bridgehead atoms. The number of aryl methyl sites for hydroxylation is 1. The minimum Gasteiger partial charge on any atom is -0.440 e. The Labute approximate surface area is 99.8 Å². The number of alkyl halides is 3. The number of nitrogens with one attached hydrogen (secondary N) is 1. The molecule has 96 valence electrons. The van der Waals surface area contributed by atoms with Gasteiger partial charge in [0.2, 0.25) is 0 Å². The van der Waals surface area contributed by atoms with Crippen molar-refractivity contribution in [3.05, 3.63) is 16.1 Å². The molecule has 8 heteroatoms. The summed E-state index contributed by atoms with van der Waals surface area (Å²) >= 11 is 1.36. The number of hydrogen-bond acceptors (Lipinski definition) is 4. The summed E-state index contributed by atoms with van der Waals surface area (Å²) in [7, 11) is 0. The van der Waals surface area contributed by atoms with Gasteiger partial charge in [-0.05, 0) is 13.8 Å². The van der Waals surface area contributed by atoms with Gasteiger partial charge < -0.3 is 10.1 Å². The smallest absolute Gasteiger partial charge is 0.422 e. The van der Waals surface area contributed by atoms with Crippen LogP contribution < -0.4 is 5.32 Å². The second-order valence-electron chi connectivity index (χ2n) is 3.37. The number of aromatic nitrogens is 1. The minimum atomic E-state index is -4.52.